The summed E-state index contributed by atoms with van der Waals surface area (Å²) in [4.78, 5) is 44.0. The van der Waals surface area contributed by atoms with Crippen LogP contribution in [0.3, 0.4) is 0 Å². The van der Waals surface area contributed by atoms with Gasteiger partial charge in [0.05, 0.1) is 12.6 Å². The molecule has 176 valence electrons. The van der Waals surface area contributed by atoms with Crippen LogP contribution in [-0.4, -0.2) is 50.9 Å². The molecule has 3 heterocycles. The molecule has 2 N–H and O–H groups in total. The fourth-order valence-corrected chi connectivity index (χ4v) is 3.85. The quantitative estimate of drug-likeness (QED) is 0.711. The summed E-state index contributed by atoms with van der Waals surface area (Å²) in [6, 6.07) is 0.934. The lowest BCUT2D eigenvalue weighted by Gasteiger charge is -2.39. The monoisotopic (exact) mass is 466 g/mol. The number of aromatic nitrogens is 1. The number of amides is 2. The number of rotatable bonds is 4. The van der Waals surface area contributed by atoms with Gasteiger partial charge in [0.15, 0.2) is 11.4 Å². The molecular formula is C21H21F3N4O5. The zero-order valence-corrected chi connectivity index (χ0v) is 17.6. The van der Waals surface area contributed by atoms with E-state index in [1.165, 1.54) is 14.7 Å². The first-order chi connectivity index (χ1) is 15.7. The van der Waals surface area contributed by atoms with Crippen LogP contribution in [0.25, 0.3) is 0 Å². The minimum absolute atomic E-state index is 0.0717. The SMILES string of the molecule is CCC1CCN2C(=O)c3c(O)c(=O)c(C(=O)NCc4c(F)cc(F)cc4F)cn3CCN2O1. The lowest BCUT2D eigenvalue weighted by molar-refractivity contribution is -0.315. The van der Waals surface area contributed by atoms with E-state index >= 15 is 0 Å². The number of hydroxylamine groups is 1. The minimum Gasteiger partial charge on any atom is -0.503 e. The molecule has 0 radical (unpaired) electrons. The van der Waals surface area contributed by atoms with Gasteiger partial charge < -0.3 is 15.0 Å². The summed E-state index contributed by atoms with van der Waals surface area (Å²) in [5.74, 6) is -6.09. The summed E-state index contributed by atoms with van der Waals surface area (Å²) >= 11 is 0. The Balaban J connectivity index is 1.61. The molecule has 1 unspecified atom stereocenters. The Bertz CT molecular complexity index is 1160. The van der Waals surface area contributed by atoms with Crippen molar-refractivity contribution in [2.45, 2.75) is 39.0 Å². The van der Waals surface area contributed by atoms with Crippen LogP contribution in [0, 0.1) is 17.5 Å². The second-order valence-corrected chi connectivity index (χ2v) is 7.72. The van der Waals surface area contributed by atoms with Crippen LogP contribution in [0.4, 0.5) is 13.2 Å². The van der Waals surface area contributed by atoms with E-state index < -0.39 is 58.1 Å². The van der Waals surface area contributed by atoms with E-state index in [9.17, 15) is 32.7 Å². The van der Waals surface area contributed by atoms with Gasteiger partial charge in [-0.25, -0.2) is 18.2 Å². The Hall–Kier alpha value is -3.38. The third-order valence-electron chi connectivity index (χ3n) is 5.66. The standard InChI is InChI=1S/C21H21F3N4O5/c1-2-12-3-4-27-21(32)17-19(30)18(29)14(10-26(17)5-6-28(27)33-12)20(31)25-9-13-15(23)7-11(22)8-16(13)24/h7-8,10,12,30H,2-6,9H2,1H3,(H,25,31). The Kier molecular flexibility index (Phi) is 6.13. The molecule has 12 heteroatoms. The van der Waals surface area contributed by atoms with Crippen LogP contribution in [0.15, 0.2) is 23.1 Å². The number of hydrogen-bond acceptors (Lipinski definition) is 6. The van der Waals surface area contributed by atoms with Crippen molar-refractivity contribution in [3.63, 3.8) is 0 Å². The van der Waals surface area contributed by atoms with Crippen molar-refractivity contribution in [3.8, 4) is 5.75 Å². The summed E-state index contributed by atoms with van der Waals surface area (Å²) < 4.78 is 42.0. The number of carbonyl (C=O) groups is 2. The predicted octanol–water partition coefficient (Wildman–Crippen LogP) is 1.69. The third kappa shape index (κ3) is 4.18. The van der Waals surface area contributed by atoms with Gasteiger partial charge in [0.2, 0.25) is 5.43 Å². The average molecular weight is 466 g/mol. The molecule has 33 heavy (non-hydrogen) atoms. The van der Waals surface area contributed by atoms with E-state index in [-0.39, 0.29) is 24.9 Å². The summed E-state index contributed by atoms with van der Waals surface area (Å²) in [6.07, 6.45) is 2.37. The molecule has 1 atom stereocenters. The van der Waals surface area contributed by atoms with Gasteiger partial charge in [-0.2, -0.15) is 0 Å². The van der Waals surface area contributed by atoms with Crippen molar-refractivity contribution < 1.29 is 32.7 Å². The zero-order chi connectivity index (χ0) is 23.9. The molecule has 2 aromatic rings. The lowest BCUT2D eigenvalue weighted by atomic mass is 10.1. The summed E-state index contributed by atoms with van der Waals surface area (Å²) in [5, 5.41) is 15.3. The molecule has 0 spiro atoms. The smallest absolute Gasteiger partial charge is 0.290 e. The number of nitrogens with zero attached hydrogens (tertiary/aromatic N) is 3. The van der Waals surface area contributed by atoms with Gasteiger partial charge in [0, 0.05) is 43.5 Å². The molecule has 1 aromatic carbocycles. The maximum Gasteiger partial charge on any atom is 0.290 e. The second-order valence-electron chi connectivity index (χ2n) is 7.72. The molecule has 1 fully saturated rings. The largest absolute Gasteiger partial charge is 0.503 e. The number of nitrogens with one attached hydrogen (secondary N) is 1. The Labute approximate surface area is 185 Å². The van der Waals surface area contributed by atoms with Crippen LogP contribution in [0.1, 0.15) is 46.2 Å². The first-order valence-electron chi connectivity index (χ1n) is 10.3. The average Bonchev–Trinajstić information content (AvgIpc) is 2.91. The molecule has 0 aliphatic carbocycles. The minimum atomic E-state index is -1.20. The third-order valence-corrected chi connectivity index (χ3v) is 5.66. The van der Waals surface area contributed by atoms with Gasteiger partial charge >= 0.3 is 0 Å². The topological polar surface area (TPSA) is 104 Å². The molecule has 4 rings (SSSR count). The molecule has 9 nitrogen and oxygen atoms in total. The Morgan fingerprint density at radius 1 is 1.18 bits per heavy atom. The van der Waals surface area contributed by atoms with Gasteiger partial charge in [-0.1, -0.05) is 12.1 Å². The normalized spacial score (nSPS) is 18.5. The van der Waals surface area contributed by atoms with Crippen LogP contribution >= 0.6 is 0 Å². The van der Waals surface area contributed by atoms with Gasteiger partial charge in [-0.05, 0) is 12.8 Å². The zero-order valence-electron chi connectivity index (χ0n) is 17.6. The molecule has 2 aliphatic rings. The summed E-state index contributed by atoms with van der Waals surface area (Å²) in [5.41, 5.74) is -2.50. The van der Waals surface area contributed by atoms with E-state index in [1.54, 1.807) is 0 Å². The fourth-order valence-electron chi connectivity index (χ4n) is 3.85. The molecule has 1 aromatic heterocycles. The van der Waals surface area contributed by atoms with Crippen LogP contribution in [-0.2, 0) is 17.9 Å². The van der Waals surface area contributed by atoms with E-state index in [0.717, 1.165) is 12.6 Å². The van der Waals surface area contributed by atoms with Crippen LogP contribution in [0.5, 0.6) is 5.75 Å². The number of benzene rings is 1. The Morgan fingerprint density at radius 3 is 2.55 bits per heavy atom. The van der Waals surface area contributed by atoms with E-state index in [1.807, 2.05) is 6.92 Å². The van der Waals surface area contributed by atoms with Crippen molar-refractivity contribution >= 4 is 11.8 Å². The first kappa shape index (κ1) is 22.8. The maximum atomic E-state index is 13.8. The first-order valence-corrected chi connectivity index (χ1v) is 10.3. The number of hydrazine groups is 1. The van der Waals surface area contributed by atoms with Gasteiger partial charge in [0.1, 0.15) is 23.0 Å². The maximum absolute atomic E-state index is 13.8. The molecule has 0 saturated carbocycles. The number of halogens is 3. The van der Waals surface area contributed by atoms with Crippen molar-refractivity contribution in [2.75, 3.05) is 13.1 Å². The van der Waals surface area contributed by atoms with Crippen molar-refractivity contribution in [1.29, 1.82) is 0 Å². The van der Waals surface area contributed by atoms with Crippen molar-refractivity contribution in [3.05, 3.63) is 62.8 Å². The second kappa shape index (κ2) is 8.87. The van der Waals surface area contributed by atoms with Gasteiger partial charge in [-0.15, -0.1) is 0 Å². The molecule has 1 saturated heterocycles. The van der Waals surface area contributed by atoms with E-state index in [0.29, 0.717) is 25.1 Å². The molecule has 2 amide bonds. The highest BCUT2D eigenvalue weighted by atomic mass is 19.1. The number of hydrogen-bond donors (Lipinski definition) is 2. The molecular weight excluding hydrogens is 445 g/mol. The van der Waals surface area contributed by atoms with Crippen LogP contribution in [0.2, 0.25) is 0 Å². The molecule has 0 bridgehead atoms. The fraction of sp³-hybridized carbons (Fsp3) is 0.381. The van der Waals surface area contributed by atoms with Crippen molar-refractivity contribution in [1.82, 2.24) is 20.1 Å². The van der Waals surface area contributed by atoms with Crippen molar-refractivity contribution in [2.24, 2.45) is 0 Å². The highest BCUT2D eigenvalue weighted by Gasteiger charge is 2.37. The van der Waals surface area contributed by atoms with Gasteiger partial charge in [-0.3, -0.25) is 19.2 Å². The van der Waals surface area contributed by atoms with E-state index in [4.69, 9.17) is 4.84 Å². The molecule has 2 aliphatic heterocycles. The highest BCUT2D eigenvalue weighted by molar-refractivity contribution is 5.98. The highest BCUT2D eigenvalue weighted by Crippen LogP contribution is 2.25. The van der Waals surface area contributed by atoms with Crippen LogP contribution < -0.4 is 10.7 Å². The van der Waals surface area contributed by atoms with Gasteiger partial charge in [0.25, 0.3) is 11.8 Å². The lowest BCUT2D eigenvalue weighted by Crippen LogP contribution is -2.52. The number of carbonyl (C=O) groups excluding carboxylic acids is 2. The number of aromatic hydroxyl groups is 1. The Morgan fingerprint density at radius 2 is 1.88 bits per heavy atom. The number of pyridine rings is 1. The van der Waals surface area contributed by atoms with E-state index in [2.05, 4.69) is 5.32 Å². The number of fused-ring (bicyclic) bond motifs is 2. The predicted molar refractivity (Wildman–Crippen MR) is 107 cm³/mol. The summed E-state index contributed by atoms with van der Waals surface area (Å²) in [7, 11) is 0. The summed E-state index contributed by atoms with van der Waals surface area (Å²) in [6.45, 7) is 1.95.